The van der Waals surface area contributed by atoms with Crippen LogP contribution in [0.15, 0.2) is 18.2 Å². The van der Waals surface area contributed by atoms with Gasteiger partial charge in [-0.05, 0) is 31.5 Å². The minimum atomic E-state index is -0.489. The summed E-state index contributed by atoms with van der Waals surface area (Å²) in [5.74, 6) is -0.111. The lowest BCUT2D eigenvalue weighted by Crippen LogP contribution is -2.12. The van der Waals surface area contributed by atoms with Crippen molar-refractivity contribution in [3.05, 3.63) is 29.6 Å². The molecule has 92 valence electrons. The third kappa shape index (κ3) is 3.03. The van der Waals surface area contributed by atoms with Gasteiger partial charge in [-0.15, -0.1) is 0 Å². The molecule has 0 bridgehead atoms. The van der Waals surface area contributed by atoms with E-state index in [9.17, 15) is 9.18 Å². The molecule has 1 heterocycles. The second-order valence-corrected chi connectivity index (χ2v) is 4.24. The van der Waals surface area contributed by atoms with Gasteiger partial charge in [0.05, 0.1) is 13.2 Å². The third-order valence-electron chi connectivity index (χ3n) is 2.84. The number of hydrogen-bond acceptors (Lipinski definition) is 3. The smallest absolute Gasteiger partial charge is 0.165 e. The number of ether oxygens (including phenoxy) is 2. The van der Waals surface area contributed by atoms with Crippen molar-refractivity contribution in [2.45, 2.75) is 13.3 Å². The molecule has 0 N–H and O–H groups in total. The van der Waals surface area contributed by atoms with Crippen LogP contribution in [0.2, 0.25) is 0 Å². The molecule has 1 aliphatic heterocycles. The Hall–Kier alpha value is -1.42. The minimum absolute atomic E-state index is 0.153. The summed E-state index contributed by atoms with van der Waals surface area (Å²) in [6.45, 7) is 3.29. The fourth-order valence-electron chi connectivity index (χ4n) is 1.76. The number of carbonyl (C=O) groups is 1. The van der Waals surface area contributed by atoms with Gasteiger partial charge in [0.25, 0.3) is 0 Å². The Bertz CT molecular complexity index is 411. The van der Waals surface area contributed by atoms with Gasteiger partial charge in [-0.2, -0.15) is 0 Å². The molecular weight excluding hydrogens is 223 g/mol. The Balaban J connectivity index is 1.98. The molecule has 0 spiro atoms. The van der Waals surface area contributed by atoms with Crippen molar-refractivity contribution < 1.29 is 18.7 Å². The summed E-state index contributed by atoms with van der Waals surface area (Å²) in [6, 6.07) is 4.29. The Morgan fingerprint density at radius 3 is 3.00 bits per heavy atom. The highest BCUT2D eigenvalue weighted by atomic mass is 19.1. The predicted octanol–water partition coefficient (Wildman–Crippen LogP) is 2.44. The first-order valence-electron chi connectivity index (χ1n) is 5.68. The molecule has 1 fully saturated rings. The normalized spacial score (nSPS) is 19.3. The van der Waals surface area contributed by atoms with Crippen molar-refractivity contribution in [1.82, 2.24) is 0 Å². The summed E-state index contributed by atoms with van der Waals surface area (Å²) >= 11 is 0. The van der Waals surface area contributed by atoms with Crippen molar-refractivity contribution in [2.24, 2.45) is 5.92 Å². The highest BCUT2D eigenvalue weighted by Gasteiger charge is 2.17. The second-order valence-electron chi connectivity index (χ2n) is 4.24. The number of Topliss-reactive ketones (excluding diaryl/α,β-unsaturated/α-hetero) is 1. The van der Waals surface area contributed by atoms with Crippen LogP contribution < -0.4 is 4.74 Å². The van der Waals surface area contributed by atoms with Crippen LogP contribution in [0.5, 0.6) is 5.75 Å². The lowest BCUT2D eigenvalue weighted by molar-refractivity contribution is 0.101. The average molecular weight is 238 g/mol. The van der Waals surface area contributed by atoms with Gasteiger partial charge in [-0.1, -0.05) is 0 Å². The molecule has 2 rings (SSSR count). The molecule has 17 heavy (non-hydrogen) atoms. The van der Waals surface area contributed by atoms with Crippen LogP contribution in [0, 0.1) is 11.7 Å². The van der Waals surface area contributed by atoms with E-state index in [1.165, 1.54) is 19.1 Å². The summed E-state index contributed by atoms with van der Waals surface area (Å²) in [7, 11) is 0. The molecule has 1 aliphatic rings. The SMILES string of the molecule is CC(=O)c1ccc(OCC2CCOC2)c(F)c1. The molecule has 1 aromatic rings. The maximum Gasteiger partial charge on any atom is 0.165 e. The Labute approximate surface area is 99.5 Å². The molecule has 1 atom stereocenters. The van der Waals surface area contributed by atoms with Crippen molar-refractivity contribution in [3.8, 4) is 5.75 Å². The first kappa shape index (κ1) is 12.0. The van der Waals surface area contributed by atoms with E-state index in [2.05, 4.69) is 0 Å². The average Bonchev–Trinajstić information content (AvgIpc) is 2.80. The van der Waals surface area contributed by atoms with Crippen LogP contribution in [-0.4, -0.2) is 25.6 Å². The van der Waals surface area contributed by atoms with Crippen molar-refractivity contribution in [3.63, 3.8) is 0 Å². The Morgan fingerprint density at radius 2 is 2.41 bits per heavy atom. The van der Waals surface area contributed by atoms with Gasteiger partial charge in [0.2, 0.25) is 0 Å². The number of benzene rings is 1. The van der Waals surface area contributed by atoms with Gasteiger partial charge < -0.3 is 9.47 Å². The number of halogens is 1. The molecule has 0 aromatic heterocycles. The molecule has 1 aromatic carbocycles. The molecule has 4 heteroatoms. The van der Waals surface area contributed by atoms with Crippen molar-refractivity contribution in [1.29, 1.82) is 0 Å². The molecule has 0 saturated carbocycles. The van der Waals surface area contributed by atoms with Crippen LogP contribution in [0.3, 0.4) is 0 Å². The number of rotatable bonds is 4. The predicted molar refractivity (Wildman–Crippen MR) is 60.8 cm³/mol. The summed E-state index contributed by atoms with van der Waals surface area (Å²) in [5, 5.41) is 0. The molecule has 1 saturated heterocycles. The molecule has 0 aliphatic carbocycles. The maximum atomic E-state index is 13.6. The van der Waals surface area contributed by atoms with E-state index in [1.807, 2.05) is 0 Å². The zero-order chi connectivity index (χ0) is 12.3. The largest absolute Gasteiger partial charge is 0.490 e. The molecule has 0 amide bonds. The third-order valence-corrected chi connectivity index (χ3v) is 2.84. The highest BCUT2D eigenvalue weighted by Crippen LogP contribution is 2.21. The number of hydrogen-bond donors (Lipinski definition) is 0. The first-order chi connectivity index (χ1) is 8.16. The van der Waals surface area contributed by atoms with Gasteiger partial charge in [-0.25, -0.2) is 4.39 Å². The van der Waals surface area contributed by atoms with Crippen molar-refractivity contribution >= 4 is 5.78 Å². The summed E-state index contributed by atoms with van der Waals surface area (Å²) in [4.78, 5) is 11.1. The van der Waals surface area contributed by atoms with Crippen LogP contribution in [-0.2, 0) is 4.74 Å². The minimum Gasteiger partial charge on any atom is -0.490 e. The van der Waals surface area contributed by atoms with Crippen LogP contribution in [0.1, 0.15) is 23.7 Å². The zero-order valence-electron chi connectivity index (χ0n) is 9.74. The van der Waals surface area contributed by atoms with Gasteiger partial charge in [0.1, 0.15) is 0 Å². The number of carbonyl (C=O) groups excluding carboxylic acids is 1. The fourth-order valence-corrected chi connectivity index (χ4v) is 1.76. The van der Waals surface area contributed by atoms with E-state index in [1.54, 1.807) is 6.07 Å². The van der Waals surface area contributed by atoms with E-state index in [0.29, 0.717) is 24.7 Å². The van der Waals surface area contributed by atoms with E-state index < -0.39 is 5.82 Å². The van der Waals surface area contributed by atoms with E-state index in [-0.39, 0.29) is 11.5 Å². The van der Waals surface area contributed by atoms with Gasteiger partial charge in [0.15, 0.2) is 17.3 Å². The van der Waals surface area contributed by atoms with E-state index in [4.69, 9.17) is 9.47 Å². The van der Waals surface area contributed by atoms with E-state index >= 15 is 0 Å². The Kier molecular flexibility index (Phi) is 3.74. The van der Waals surface area contributed by atoms with E-state index in [0.717, 1.165) is 13.0 Å². The zero-order valence-corrected chi connectivity index (χ0v) is 9.74. The monoisotopic (exact) mass is 238 g/mol. The summed E-state index contributed by atoms with van der Waals surface area (Å²) in [5.41, 5.74) is 0.360. The summed E-state index contributed by atoms with van der Waals surface area (Å²) < 4.78 is 24.2. The van der Waals surface area contributed by atoms with Gasteiger partial charge >= 0.3 is 0 Å². The van der Waals surface area contributed by atoms with Crippen LogP contribution >= 0.6 is 0 Å². The lowest BCUT2D eigenvalue weighted by Gasteiger charge is -2.11. The summed E-state index contributed by atoms with van der Waals surface area (Å²) in [6.07, 6.45) is 0.952. The standard InChI is InChI=1S/C13H15FO3/c1-9(15)11-2-3-13(12(14)6-11)17-8-10-4-5-16-7-10/h2-3,6,10H,4-5,7-8H2,1H3. The second kappa shape index (κ2) is 5.27. The van der Waals surface area contributed by atoms with Gasteiger partial charge in [-0.3, -0.25) is 4.79 Å². The topological polar surface area (TPSA) is 35.5 Å². The quantitative estimate of drug-likeness (QED) is 0.756. The molecule has 1 unspecified atom stereocenters. The maximum absolute atomic E-state index is 13.6. The fraction of sp³-hybridized carbons (Fsp3) is 0.462. The lowest BCUT2D eigenvalue weighted by atomic mass is 10.1. The highest BCUT2D eigenvalue weighted by molar-refractivity contribution is 5.94. The Morgan fingerprint density at radius 1 is 1.59 bits per heavy atom. The first-order valence-corrected chi connectivity index (χ1v) is 5.68. The molecule has 3 nitrogen and oxygen atoms in total. The van der Waals surface area contributed by atoms with Crippen LogP contribution in [0.25, 0.3) is 0 Å². The van der Waals surface area contributed by atoms with Crippen molar-refractivity contribution in [2.75, 3.05) is 19.8 Å². The molecular formula is C13H15FO3. The van der Waals surface area contributed by atoms with Crippen LogP contribution in [0.4, 0.5) is 4.39 Å². The number of ketones is 1. The molecule has 0 radical (unpaired) electrons. The van der Waals surface area contributed by atoms with Gasteiger partial charge in [0, 0.05) is 18.1 Å².